The Kier molecular flexibility index (Phi) is 9.29. The van der Waals surface area contributed by atoms with E-state index in [9.17, 15) is 14.0 Å². The third-order valence-electron chi connectivity index (χ3n) is 5.39. The number of hydrogen-bond donors (Lipinski definition) is 0. The average molecular weight is 537 g/mol. The Morgan fingerprint density at radius 3 is 1.68 bits per heavy atom. The summed E-state index contributed by atoms with van der Waals surface area (Å²) in [7, 11) is 0. The van der Waals surface area contributed by atoms with Crippen molar-refractivity contribution in [3.05, 3.63) is 156 Å². The summed E-state index contributed by atoms with van der Waals surface area (Å²) in [6.07, 6.45) is 2.17. The molecule has 0 heterocycles. The molecule has 0 aromatic heterocycles. The van der Waals surface area contributed by atoms with E-state index in [0.717, 1.165) is 17.7 Å². The van der Waals surface area contributed by atoms with Gasteiger partial charge in [0.05, 0.1) is 11.1 Å². The van der Waals surface area contributed by atoms with Crippen molar-refractivity contribution in [3.8, 4) is 47.0 Å². The Bertz CT molecular complexity index is 1810. The van der Waals surface area contributed by atoms with Crippen LogP contribution in [0.25, 0.3) is 0 Å². The van der Waals surface area contributed by atoms with Gasteiger partial charge in [0.15, 0.2) is 0 Å². The van der Waals surface area contributed by atoms with E-state index < -0.39 is 17.8 Å². The zero-order valence-corrected chi connectivity index (χ0v) is 21.7. The Hall–Kier alpha value is -6.09. The van der Waals surface area contributed by atoms with Gasteiger partial charge in [-0.1, -0.05) is 60.8 Å². The second-order valence-corrected chi connectivity index (χ2v) is 8.29. The Morgan fingerprint density at radius 1 is 0.585 bits per heavy atom. The summed E-state index contributed by atoms with van der Waals surface area (Å²) in [6.45, 7) is 6.75. The number of esters is 2. The molecule has 4 aromatic rings. The maximum atomic E-state index is 14.7. The maximum Gasteiger partial charge on any atom is 0.335 e. The highest BCUT2D eigenvalue weighted by atomic mass is 19.1. The van der Waals surface area contributed by atoms with Crippen molar-refractivity contribution in [2.45, 2.75) is 0 Å². The van der Waals surface area contributed by atoms with Gasteiger partial charge in [0.1, 0.15) is 17.3 Å². The van der Waals surface area contributed by atoms with E-state index >= 15 is 0 Å². The quantitative estimate of drug-likeness (QED) is 0.135. The van der Waals surface area contributed by atoms with E-state index in [4.69, 9.17) is 9.47 Å². The lowest BCUT2D eigenvalue weighted by atomic mass is 10.1. The summed E-state index contributed by atoms with van der Waals surface area (Å²) < 4.78 is 24.9. The molecule has 0 saturated carbocycles. The number of carbonyl (C=O) groups excluding carboxylic acids is 2. The van der Waals surface area contributed by atoms with Gasteiger partial charge < -0.3 is 9.47 Å². The molecule has 0 aliphatic rings. The van der Waals surface area contributed by atoms with Gasteiger partial charge >= 0.3 is 11.9 Å². The molecule has 0 spiro atoms. The Morgan fingerprint density at radius 2 is 1.07 bits per heavy atom. The molecule has 0 unspecified atom stereocenters. The molecule has 0 atom stereocenters. The number of halogens is 1. The van der Waals surface area contributed by atoms with Crippen molar-refractivity contribution in [1.82, 2.24) is 0 Å². The van der Waals surface area contributed by atoms with Crippen LogP contribution < -0.4 is 9.47 Å². The molecule has 4 rings (SSSR count). The second kappa shape index (κ2) is 13.6. The van der Waals surface area contributed by atoms with E-state index in [1.54, 1.807) is 84.9 Å². The lowest BCUT2D eigenvalue weighted by Crippen LogP contribution is -2.04. The molecule has 196 valence electrons. The molecule has 0 amide bonds. The maximum absolute atomic E-state index is 14.7. The van der Waals surface area contributed by atoms with Crippen LogP contribution in [-0.2, 0) is 9.59 Å². The molecule has 0 aliphatic heterocycles. The minimum absolute atomic E-state index is 0.249. The summed E-state index contributed by atoms with van der Waals surface area (Å²) in [4.78, 5) is 22.8. The molecular formula is C36H21FO4. The molecule has 0 aliphatic carbocycles. The molecule has 4 aromatic carbocycles. The summed E-state index contributed by atoms with van der Waals surface area (Å²) in [5.41, 5.74) is 3.43. The number of rotatable bonds is 4. The number of carbonyl (C=O) groups is 2. The summed E-state index contributed by atoms with van der Waals surface area (Å²) in [6, 6.07) is 25.4. The highest BCUT2D eigenvalue weighted by Crippen LogP contribution is 2.17. The molecule has 5 heteroatoms. The van der Waals surface area contributed by atoms with Crippen LogP contribution in [-0.4, -0.2) is 11.9 Å². The van der Waals surface area contributed by atoms with Crippen LogP contribution in [0.1, 0.15) is 33.4 Å². The van der Waals surface area contributed by atoms with Crippen LogP contribution in [0.15, 0.2) is 116 Å². The predicted molar refractivity (Wildman–Crippen MR) is 155 cm³/mol. The van der Waals surface area contributed by atoms with Crippen molar-refractivity contribution in [2.75, 3.05) is 0 Å². The van der Waals surface area contributed by atoms with E-state index in [-0.39, 0.29) is 5.56 Å². The minimum Gasteiger partial charge on any atom is -0.423 e. The fourth-order valence-corrected chi connectivity index (χ4v) is 3.33. The summed E-state index contributed by atoms with van der Waals surface area (Å²) in [5.74, 6) is 16.9. The molecule has 4 nitrogen and oxygen atoms in total. The van der Waals surface area contributed by atoms with Crippen LogP contribution in [0.2, 0.25) is 0 Å². The Labute approximate surface area is 237 Å². The van der Waals surface area contributed by atoms with Crippen molar-refractivity contribution >= 4 is 11.9 Å². The highest BCUT2D eigenvalue weighted by Gasteiger charge is 2.04. The first-order valence-electron chi connectivity index (χ1n) is 12.3. The van der Waals surface area contributed by atoms with E-state index in [1.165, 1.54) is 6.07 Å². The Balaban J connectivity index is 1.42. The van der Waals surface area contributed by atoms with Gasteiger partial charge in [-0.2, -0.15) is 0 Å². The fourth-order valence-electron chi connectivity index (χ4n) is 3.33. The first-order chi connectivity index (χ1) is 19.9. The molecular weight excluding hydrogens is 515 g/mol. The minimum atomic E-state index is -0.557. The van der Waals surface area contributed by atoms with Gasteiger partial charge in [-0.05, 0) is 78.9 Å². The summed E-state index contributed by atoms with van der Waals surface area (Å²) >= 11 is 0. The normalized spacial score (nSPS) is 9.39. The van der Waals surface area contributed by atoms with Crippen LogP contribution in [0, 0.1) is 41.3 Å². The van der Waals surface area contributed by atoms with Crippen molar-refractivity contribution < 1.29 is 23.5 Å². The fraction of sp³-hybridized carbons (Fsp3) is 0. The number of hydrogen-bond acceptors (Lipinski definition) is 4. The van der Waals surface area contributed by atoms with Crippen LogP contribution >= 0.6 is 0 Å². The topological polar surface area (TPSA) is 52.6 Å². The van der Waals surface area contributed by atoms with E-state index in [0.29, 0.717) is 33.8 Å². The lowest BCUT2D eigenvalue weighted by Gasteiger charge is -2.03. The van der Waals surface area contributed by atoms with Gasteiger partial charge in [-0.15, -0.1) is 0 Å². The average Bonchev–Trinajstić information content (AvgIpc) is 3.00. The van der Waals surface area contributed by atoms with Crippen molar-refractivity contribution in [3.63, 3.8) is 0 Å². The molecule has 0 radical (unpaired) electrons. The standard InChI is InChI=1S/C36H21FO4/c1-3-35(38)40-32-23-18-28(19-24-32)13-14-29-17-21-30(33(37)25-29)20-15-26-9-11-27(12-10-26)16-22-31-7-5-6-8-34(31)41-36(39)4-2/h3-12,17-19,21,23-25H,1-2H2. The van der Waals surface area contributed by atoms with Crippen LogP contribution in [0.4, 0.5) is 4.39 Å². The zero-order valence-electron chi connectivity index (χ0n) is 21.7. The molecule has 0 bridgehead atoms. The summed E-state index contributed by atoms with van der Waals surface area (Å²) in [5, 5.41) is 0. The van der Waals surface area contributed by atoms with Crippen molar-refractivity contribution in [2.24, 2.45) is 0 Å². The molecule has 0 saturated heterocycles. The monoisotopic (exact) mass is 536 g/mol. The van der Waals surface area contributed by atoms with Gasteiger partial charge in [-0.3, -0.25) is 0 Å². The van der Waals surface area contributed by atoms with Gasteiger partial charge in [0, 0.05) is 34.4 Å². The van der Waals surface area contributed by atoms with Crippen LogP contribution in [0.5, 0.6) is 11.5 Å². The second-order valence-electron chi connectivity index (χ2n) is 8.29. The predicted octanol–water partition coefficient (Wildman–Crippen LogP) is 6.21. The highest BCUT2D eigenvalue weighted by molar-refractivity contribution is 5.84. The largest absolute Gasteiger partial charge is 0.423 e. The third-order valence-corrected chi connectivity index (χ3v) is 5.39. The zero-order chi connectivity index (χ0) is 29.0. The third kappa shape index (κ3) is 8.20. The van der Waals surface area contributed by atoms with Gasteiger partial charge in [-0.25, -0.2) is 14.0 Å². The number of ether oxygens (including phenoxy) is 2. The van der Waals surface area contributed by atoms with E-state index in [1.807, 2.05) is 0 Å². The van der Waals surface area contributed by atoms with Crippen molar-refractivity contribution in [1.29, 1.82) is 0 Å². The van der Waals surface area contributed by atoms with Crippen LogP contribution in [0.3, 0.4) is 0 Å². The lowest BCUT2D eigenvalue weighted by molar-refractivity contribution is -0.129. The molecule has 41 heavy (non-hydrogen) atoms. The first-order valence-corrected chi connectivity index (χ1v) is 12.3. The van der Waals surface area contributed by atoms with Gasteiger partial charge in [0.2, 0.25) is 0 Å². The molecule has 0 fully saturated rings. The van der Waals surface area contributed by atoms with Gasteiger partial charge in [0.25, 0.3) is 0 Å². The number of para-hydroxylation sites is 1. The van der Waals surface area contributed by atoms with E-state index in [2.05, 4.69) is 48.7 Å². The smallest absolute Gasteiger partial charge is 0.335 e. The number of benzene rings is 4. The first kappa shape index (κ1) is 27.9. The molecule has 0 N–H and O–H groups in total. The SMILES string of the molecule is C=CC(=O)Oc1ccc(C#Cc2ccc(C#Cc3ccc(C#Cc4ccccc4OC(=O)C=C)cc3)c(F)c2)cc1.